The summed E-state index contributed by atoms with van der Waals surface area (Å²) in [7, 11) is 0. The molecule has 2 nitrogen and oxygen atoms in total. The Morgan fingerprint density at radius 3 is 1.71 bits per heavy atom. The standard InChI is InChI=1S/C13H5F5INO/c14-7-8(15)10(17)12(11(18)9(7)16)20-13(21)5-1-3-6(19)4-2-5/h1-4H,(H,20,21). The zero-order valence-electron chi connectivity index (χ0n) is 9.99. The first-order valence-corrected chi connectivity index (χ1v) is 6.49. The molecule has 0 heterocycles. The first-order valence-electron chi connectivity index (χ1n) is 5.41. The van der Waals surface area contributed by atoms with Crippen LogP contribution in [0.2, 0.25) is 0 Å². The van der Waals surface area contributed by atoms with E-state index in [9.17, 15) is 26.7 Å². The molecule has 2 aromatic rings. The molecule has 0 fully saturated rings. The normalized spacial score (nSPS) is 10.6. The molecule has 0 unspecified atom stereocenters. The minimum atomic E-state index is -2.28. The largest absolute Gasteiger partial charge is 0.317 e. The van der Waals surface area contributed by atoms with Crippen LogP contribution in [0.3, 0.4) is 0 Å². The van der Waals surface area contributed by atoms with Gasteiger partial charge in [-0.2, -0.15) is 0 Å². The maximum Gasteiger partial charge on any atom is 0.255 e. The highest BCUT2D eigenvalue weighted by atomic mass is 127. The highest BCUT2D eigenvalue weighted by Crippen LogP contribution is 2.27. The fourth-order valence-electron chi connectivity index (χ4n) is 1.50. The average Bonchev–Trinajstić information content (AvgIpc) is 2.48. The zero-order chi connectivity index (χ0) is 15.7. The third-order valence-corrected chi connectivity index (χ3v) is 3.27. The number of nitrogens with one attached hydrogen (secondary N) is 1. The summed E-state index contributed by atoms with van der Waals surface area (Å²) in [6, 6.07) is 5.80. The van der Waals surface area contributed by atoms with E-state index in [0.717, 1.165) is 3.57 Å². The molecule has 0 radical (unpaired) electrons. The Labute approximate surface area is 129 Å². The van der Waals surface area contributed by atoms with Crippen molar-refractivity contribution in [1.29, 1.82) is 0 Å². The van der Waals surface area contributed by atoms with Gasteiger partial charge in [-0.25, -0.2) is 22.0 Å². The van der Waals surface area contributed by atoms with E-state index in [1.807, 2.05) is 22.6 Å². The van der Waals surface area contributed by atoms with E-state index in [-0.39, 0.29) is 5.56 Å². The first-order chi connectivity index (χ1) is 9.82. The van der Waals surface area contributed by atoms with Crippen LogP contribution in [-0.2, 0) is 0 Å². The molecule has 1 N–H and O–H groups in total. The molecule has 8 heteroatoms. The van der Waals surface area contributed by atoms with Crippen LogP contribution in [0.25, 0.3) is 0 Å². The van der Waals surface area contributed by atoms with Gasteiger partial charge in [0.2, 0.25) is 5.82 Å². The Morgan fingerprint density at radius 2 is 1.24 bits per heavy atom. The van der Waals surface area contributed by atoms with Crippen molar-refractivity contribution in [2.45, 2.75) is 0 Å². The molecule has 0 aromatic heterocycles. The molecule has 0 saturated heterocycles. The number of benzene rings is 2. The maximum absolute atomic E-state index is 13.4. The summed E-state index contributed by atoms with van der Waals surface area (Å²) in [5.41, 5.74) is -1.37. The highest BCUT2D eigenvalue weighted by Gasteiger charge is 2.27. The van der Waals surface area contributed by atoms with Crippen LogP contribution in [0, 0.1) is 32.7 Å². The highest BCUT2D eigenvalue weighted by molar-refractivity contribution is 14.1. The molecule has 0 aliphatic rings. The molecule has 2 aromatic carbocycles. The molecule has 2 rings (SSSR count). The van der Waals surface area contributed by atoms with Gasteiger partial charge in [-0.3, -0.25) is 4.79 Å². The molecule has 0 saturated carbocycles. The molecular formula is C13H5F5INO. The SMILES string of the molecule is O=C(Nc1c(F)c(F)c(F)c(F)c1F)c1ccc(I)cc1. The van der Waals surface area contributed by atoms with Crippen molar-refractivity contribution >= 4 is 34.2 Å². The Kier molecular flexibility index (Phi) is 4.45. The predicted molar refractivity (Wildman–Crippen MR) is 73.3 cm³/mol. The second-order valence-electron chi connectivity index (χ2n) is 3.91. The number of rotatable bonds is 2. The lowest BCUT2D eigenvalue weighted by atomic mass is 10.2. The minimum absolute atomic E-state index is 0.0133. The lowest BCUT2D eigenvalue weighted by Gasteiger charge is -2.09. The summed E-state index contributed by atoms with van der Waals surface area (Å²) in [6.07, 6.45) is 0. The van der Waals surface area contributed by atoms with Gasteiger partial charge in [0.1, 0.15) is 5.69 Å². The van der Waals surface area contributed by atoms with Crippen molar-refractivity contribution in [2.75, 3.05) is 5.32 Å². The van der Waals surface area contributed by atoms with Crippen LogP contribution in [-0.4, -0.2) is 5.91 Å². The molecule has 1 amide bonds. The van der Waals surface area contributed by atoms with Gasteiger partial charge in [0.25, 0.3) is 5.91 Å². The number of carbonyl (C=O) groups is 1. The number of amides is 1. The second-order valence-corrected chi connectivity index (χ2v) is 5.15. The van der Waals surface area contributed by atoms with Crippen molar-refractivity contribution in [3.63, 3.8) is 0 Å². The summed E-state index contributed by atoms with van der Waals surface area (Å²) in [5.74, 6) is -11.7. The van der Waals surface area contributed by atoms with Crippen molar-refractivity contribution < 1.29 is 26.7 Å². The third kappa shape index (κ3) is 2.99. The van der Waals surface area contributed by atoms with Crippen LogP contribution in [0.4, 0.5) is 27.6 Å². The molecule has 0 atom stereocenters. The van der Waals surface area contributed by atoms with E-state index in [1.165, 1.54) is 12.1 Å². The van der Waals surface area contributed by atoms with Crippen molar-refractivity contribution in [1.82, 2.24) is 0 Å². The second kappa shape index (κ2) is 5.96. The average molecular weight is 413 g/mol. The Balaban J connectivity index is 2.40. The van der Waals surface area contributed by atoms with E-state index in [1.54, 1.807) is 17.4 Å². The Bertz CT molecular complexity index is 688. The van der Waals surface area contributed by atoms with Crippen LogP contribution in [0.1, 0.15) is 10.4 Å². The number of anilines is 1. The maximum atomic E-state index is 13.4. The molecule has 0 spiro atoms. The lowest BCUT2D eigenvalue weighted by Crippen LogP contribution is -2.16. The topological polar surface area (TPSA) is 29.1 Å². The fourth-order valence-corrected chi connectivity index (χ4v) is 1.86. The van der Waals surface area contributed by atoms with Gasteiger partial charge >= 0.3 is 0 Å². The van der Waals surface area contributed by atoms with Gasteiger partial charge in [-0.15, -0.1) is 0 Å². The third-order valence-electron chi connectivity index (χ3n) is 2.55. The van der Waals surface area contributed by atoms with E-state index >= 15 is 0 Å². The van der Waals surface area contributed by atoms with E-state index < -0.39 is 40.7 Å². The Hall–Kier alpha value is -1.71. The molecule has 110 valence electrons. The van der Waals surface area contributed by atoms with Gasteiger partial charge in [-0.1, -0.05) is 0 Å². The molecule has 0 aliphatic carbocycles. The summed E-state index contributed by atoms with van der Waals surface area (Å²) in [4.78, 5) is 11.8. The monoisotopic (exact) mass is 413 g/mol. The molecular weight excluding hydrogens is 408 g/mol. The van der Waals surface area contributed by atoms with Crippen LogP contribution in [0.15, 0.2) is 24.3 Å². The fraction of sp³-hybridized carbons (Fsp3) is 0. The van der Waals surface area contributed by atoms with Gasteiger partial charge in [0.15, 0.2) is 23.3 Å². The first kappa shape index (κ1) is 15.7. The van der Waals surface area contributed by atoms with Gasteiger partial charge in [0, 0.05) is 9.13 Å². The number of hydrogen-bond acceptors (Lipinski definition) is 1. The van der Waals surface area contributed by atoms with Crippen molar-refractivity contribution in [2.24, 2.45) is 0 Å². The number of hydrogen-bond donors (Lipinski definition) is 1. The smallest absolute Gasteiger partial charge is 0.255 e. The zero-order valence-corrected chi connectivity index (χ0v) is 12.1. The molecule has 0 aliphatic heterocycles. The van der Waals surface area contributed by atoms with E-state index in [4.69, 9.17) is 0 Å². The Morgan fingerprint density at radius 1 is 0.810 bits per heavy atom. The summed E-state index contributed by atoms with van der Waals surface area (Å²) in [6.45, 7) is 0. The predicted octanol–water partition coefficient (Wildman–Crippen LogP) is 4.24. The van der Waals surface area contributed by atoms with Gasteiger partial charge in [0.05, 0.1) is 0 Å². The molecule has 21 heavy (non-hydrogen) atoms. The van der Waals surface area contributed by atoms with Gasteiger partial charge in [-0.05, 0) is 46.9 Å². The van der Waals surface area contributed by atoms with E-state index in [2.05, 4.69) is 0 Å². The number of carbonyl (C=O) groups excluding carboxylic acids is 1. The summed E-state index contributed by atoms with van der Waals surface area (Å²) < 4.78 is 66.5. The molecule has 0 bridgehead atoms. The van der Waals surface area contributed by atoms with Crippen molar-refractivity contribution in [3.8, 4) is 0 Å². The van der Waals surface area contributed by atoms with Gasteiger partial charge < -0.3 is 5.32 Å². The summed E-state index contributed by atoms with van der Waals surface area (Å²) in [5, 5.41) is 1.69. The van der Waals surface area contributed by atoms with Crippen molar-refractivity contribution in [3.05, 3.63) is 62.5 Å². The summed E-state index contributed by atoms with van der Waals surface area (Å²) >= 11 is 1.97. The van der Waals surface area contributed by atoms with Crippen LogP contribution < -0.4 is 5.32 Å². The number of halogens is 6. The van der Waals surface area contributed by atoms with Crippen LogP contribution >= 0.6 is 22.6 Å². The quantitative estimate of drug-likeness (QED) is 0.340. The lowest BCUT2D eigenvalue weighted by molar-refractivity contribution is 0.102. The minimum Gasteiger partial charge on any atom is -0.317 e. The van der Waals surface area contributed by atoms with E-state index in [0.29, 0.717) is 0 Å². The van der Waals surface area contributed by atoms with Crippen LogP contribution in [0.5, 0.6) is 0 Å².